The van der Waals surface area contributed by atoms with E-state index in [0.717, 1.165) is 12.1 Å². The van der Waals surface area contributed by atoms with Gasteiger partial charge in [0.2, 0.25) is 0 Å². The van der Waals surface area contributed by atoms with E-state index >= 15 is 0 Å². The van der Waals surface area contributed by atoms with Crippen LogP contribution in [0.5, 0.6) is 0 Å². The van der Waals surface area contributed by atoms with Crippen molar-refractivity contribution in [1.82, 2.24) is 10.2 Å². The number of hydrogen-bond donors (Lipinski definition) is 2. The number of benzene rings is 1. The summed E-state index contributed by atoms with van der Waals surface area (Å²) >= 11 is 0. The maximum atomic E-state index is 12.1. The molecule has 0 saturated carbocycles. The van der Waals surface area contributed by atoms with Gasteiger partial charge in [0.05, 0.1) is 0 Å². The molecule has 20 heavy (non-hydrogen) atoms. The van der Waals surface area contributed by atoms with Crippen LogP contribution >= 0.6 is 0 Å². The quantitative estimate of drug-likeness (QED) is 0.831. The van der Waals surface area contributed by atoms with E-state index in [-0.39, 0.29) is 5.91 Å². The van der Waals surface area contributed by atoms with Crippen LogP contribution in [0.25, 0.3) is 0 Å². The smallest absolute Gasteiger partial charge is 0.329 e. The van der Waals surface area contributed by atoms with Crippen molar-refractivity contribution in [3.8, 4) is 0 Å². The molecule has 5 heteroatoms. The molecule has 0 bridgehead atoms. The van der Waals surface area contributed by atoms with Crippen LogP contribution in [0.15, 0.2) is 24.3 Å². The van der Waals surface area contributed by atoms with Gasteiger partial charge in [-0.25, -0.2) is 4.79 Å². The monoisotopic (exact) mass is 278 g/mol. The fraction of sp³-hybridized carbons (Fsp3) is 0.467. The van der Waals surface area contributed by atoms with Gasteiger partial charge in [0.25, 0.3) is 5.91 Å². The highest BCUT2D eigenvalue weighted by Crippen LogP contribution is 2.12. The molecule has 0 aliphatic heterocycles. The summed E-state index contributed by atoms with van der Waals surface area (Å²) in [5, 5.41) is 11.7. The van der Waals surface area contributed by atoms with E-state index in [1.807, 2.05) is 31.1 Å². The Kier molecular flexibility index (Phi) is 5.27. The molecular formula is C15H22N2O3. The first kappa shape index (κ1) is 16.2. The van der Waals surface area contributed by atoms with Crippen molar-refractivity contribution >= 4 is 11.9 Å². The van der Waals surface area contributed by atoms with Crippen LogP contribution in [0.3, 0.4) is 0 Å². The fourth-order valence-corrected chi connectivity index (χ4v) is 1.74. The number of carbonyl (C=O) groups excluding carboxylic acids is 1. The largest absolute Gasteiger partial charge is 0.480 e. The van der Waals surface area contributed by atoms with E-state index in [1.54, 1.807) is 19.1 Å². The van der Waals surface area contributed by atoms with Gasteiger partial charge in [-0.2, -0.15) is 0 Å². The zero-order valence-electron chi connectivity index (χ0n) is 12.4. The van der Waals surface area contributed by atoms with E-state index in [0.29, 0.717) is 12.0 Å². The third-order valence-electron chi connectivity index (χ3n) is 3.28. The molecular weight excluding hydrogens is 256 g/mol. The molecule has 1 amide bonds. The van der Waals surface area contributed by atoms with E-state index < -0.39 is 11.5 Å². The standard InChI is InChI=1S/C15H22N2O3/c1-5-15(2,14(19)20)16-13(18)12-8-6-11(7-9-12)10-17(3)4/h6-9H,5,10H2,1-4H3,(H,16,18)(H,19,20). The van der Waals surface area contributed by atoms with Crippen molar-refractivity contribution in [2.24, 2.45) is 0 Å². The number of carboxylic acids is 1. The molecule has 1 aromatic carbocycles. The average molecular weight is 278 g/mol. The van der Waals surface area contributed by atoms with E-state index in [9.17, 15) is 9.59 Å². The lowest BCUT2D eigenvalue weighted by molar-refractivity contribution is -0.143. The molecule has 110 valence electrons. The maximum absolute atomic E-state index is 12.1. The number of nitrogens with one attached hydrogen (secondary N) is 1. The summed E-state index contributed by atoms with van der Waals surface area (Å²) in [5.74, 6) is -1.40. The van der Waals surface area contributed by atoms with Gasteiger partial charge in [-0.05, 0) is 45.1 Å². The van der Waals surface area contributed by atoms with Crippen LogP contribution in [0.1, 0.15) is 36.2 Å². The third-order valence-corrected chi connectivity index (χ3v) is 3.28. The predicted octanol–water partition coefficient (Wildman–Crippen LogP) is 1.73. The van der Waals surface area contributed by atoms with Gasteiger partial charge in [0.1, 0.15) is 5.54 Å². The second kappa shape index (κ2) is 6.52. The highest BCUT2D eigenvalue weighted by molar-refractivity contribution is 5.97. The number of hydrogen-bond acceptors (Lipinski definition) is 3. The fourth-order valence-electron chi connectivity index (χ4n) is 1.74. The number of carboxylic acid groups (broad SMARTS) is 1. The van der Waals surface area contributed by atoms with Crippen LogP contribution in [-0.2, 0) is 11.3 Å². The van der Waals surface area contributed by atoms with Crippen molar-refractivity contribution in [2.75, 3.05) is 14.1 Å². The summed E-state index contributed by atoms with van der Waals surface area (Å²) in [6.45, 7) is 4.03. The summed E-state index contributed by atoms with van der Waals surface area (Å²) in [6, 6.07) is 7.18. The molecule has 0 fully saturated rings. The normalized spacial score (nSPS) is 13.8. The van der Waals surface area contributed by atoms with Crippen LogP contribution in [0.2, 0.25) is 0 Å². The number of amides is 1. The van der Waals surface area contributed by atoms with E-state index in [4.69, 9.17) is 5.11 Å². The van der Waals surface area contributed by atoms with Crippen LogP contribution in [0.4, 0.5) is 0 Å². The van der Waals surface area contributed by atoms with Crippen molar-refractivity contribution in [3.63, 3.8) is 0 Å². The van der Waals surface area contributed by atoms with Gasteiger partial charge in [-0.15, -0.1) is 0 Å². The average Bonchev–Trinajstić information content (AvgIpc) is 2.38. The zero-order valence-corrected chi connectivity index (χ0v) is 12.4. The summed E-state index contributed by atoms with van der Waals surface area (Å²) in [4.78, 5) is 25.3. The molecule has 0 saturated heterocycles. The number of rotatable bonds is 6. The van der Waals surface area contributed by atoms with Crippen LogP contribution in [-0.4, -0.2) is 41.5 Å². The molecule has 0 radical (unpaired) electrons. The summed E-state index contributed by atoms with van der Waals surface area (Å²) in [5.41, 5.74) is 0.329. The lowest BCUT2D eigenvalue weighted by Crippen LogP contribution is -2.51. The Balaban J connectivity index is 2.80. The molecule has 0 heterocycles. The second-order valence-corrected chi connectivity index (χ2v) is 5.38. The van der Waals surface area contributed by atoms with Gasteiger partial charge in [-0.3, -0.25) is 4.79 Å². The van der Waals surface area contributed by atoms with E-state index in [1.165, 1.54) is 6.92 Å². The van der Waals surface area contributed by atoms with Gasteiger partial charge in [0.15, 0.2) is 0 Å². The first-order chi connectivity index (χ1) is 9.28. The summed E-state index contributed by atoms with van der Waals surface area (Å²) in [7, 11) is 3.94. The van der Waals surface area contributed by atoms with Crippen LogP contribution < -0.4 is 5.32 Å². The number of aliphatic carboxylic acids is 1. The molecule has 0 spiro atoms. The molecule has 0 aliphatic rings. The molecule has 1 unspecified atom stereocenters. The number of nitrogens with zero attached hydrogens (tertiary/aromatic N) is 1. The third kappa shape index (κ3) is 4.06. The highest BCUT2D eigenvalue weighted by Gasteiger charge is 2.32. The zero-order chi connectivity index (χ0) is 15.3. The molecule has 5 nitrogen and oxygen atoms in total. The van der Waals surface area contributed by atoms with Crippen molar-refractivity contribution in [3.05, 3.63) is 35.4 Å². The van der Waals surface area contributed by atoms with Crippen LogP contribution in [0, 0.1) is 0 Å². The SMILES string of the molecule is CCC(C)(NC(=O)c1ccc(CN(C)C)cc1)C(=O)O. The first-order valence-electron chi connectivity index (χ1n) is 6.58. The Morgan fingerprint density at radius 2 is 1.80 bits per heavy atom. The first-order valence-corrected chi connectivity index (χ1v) is 6.58. The Labute approximate surface area is 119 Å². The van der Waals surface area contributed by atoms with E-state index in [2.05, 4.69) is 5.32 Å². The molecule has 1 aromatic rings. The van der Waals surface area contributed by atoms with Gasteiger partial charge < -0.3 is 15.3 Å². The van der Waals surface area contributed by atoms with Crippen molar-refractivity contribution < 1.29 is 14.7 Å². The van der Waals surface area contributed by atoms with Crippen molar-refractivity contribution in [1.29, 1.82) is 0 Å². The maximum Gasteiger partial charge on any atom is 0.329 e. The molecule has 1 atom stereocenters. The minimum absolute atomic E-state index is 0.326. The van der Waals surface area contributed by atoms with Gasteiger partial charge in [0, 0.05) is 12.1 Å². The summed E-state index contributed by atoms with van der Waals surface area (Å²) < 4.78 is 0. The molecule has 0 aromatic heterocycles. The minimum atomic E-state index is -1.24. The Morgan fingerprint density at radius 1 is 1.25 bits per heavy atom. The van der Waals surface area contributed by atoms with Gasteiger partial charge in [-0.1, -0.05) is 19.1 Å². The second-order valence-electron chi connectivity index (χ2n) is 5.38. The highest BCUT2D eigenvalue weighted by atomic mass is 16.4. The predicted molar refractivity (Wildman–Crippen MR) is 77.6 cm³/mol. The minimum Gasteiger partial charge on any atom is -0.480 e. The van der Waals surface area contributed by atoms with Gasteiger partial charge >= 0.3 is 5.97 Å². The summed E-state index contributed by atoms with van der Waals surface area (Å²) in [6.07, 6.45) is 0.326. The topological polar surface area (TPSA) is 69.6 Å². The Bertz CT molecular complexity index is 482. The van der Waals surface area contributed by atoms with Crippen molar-refractivity contribution in [2.45, 2.75) is 32.4 Å². The lowest BCUT2D eigenvalue weighted by atomic mass is 9.98. The molecule has 2 N–H and O–H groups in total. The molecule has 1 rings (SSSR count). The number of carbonyl (C=O) groups is 2. The Morgan fingerprint density at radius 3 is 2.20 bits per heavy atom. The Hall–Kier alpha value is -1.88. The lowest BCUT2D eigenvalue weighted by Gasteiger charge is -2.24. The molecule has 0 aliphatic carbocycles.